The van der Waals surface area contributed by atoms with Crippen LogP contribution < -0.4 is 5.32 Å². The predicted molar refractivity (Wildman–Crippen MR) is 120 cm³/mol. The Bertz CT molecular complexity index is 1230. The highest BCUT2D eigenvalue weighted by atomic mass is 15.3. The van der Waals surface area contributed by atoms with Crippen molar-refractivity contribution in [3.05, 3.63) is 78.0 Å². The van der Waals surface area contributed by atoms with Gasteiger partial charge in [0.15, 0.2) is 0 Å². The highest BCUT2D eigenvalue weighted by Gasteiger charge is 2.09. The normalized spacial score (nSPS) is 10.8. The second-order valence-electron chi connectivity index (χ2n) is 7.76. The van der Waals surface area contributed by atoms with Gasteiger partial charge >= 0.3 is 0 Å². The quantitative estimate of drug-likeness (QED) is 0.489. The Labute approximate surface area is 181 Å². The van der Waals surface area contributed by atoms with Gasteiger partial charge in [-0.25, -0.2) is 19.6 Å². The lowest BCUT2D eigenvalue weighted by atomic mass is 9.95. The molecule has 7 nitrogen and oxygen atoms in total. The van der Waals surface area contributed by atoms with Gasteiger partial charge in [0.1, 0.15) is 12.2 Å². The number of anilines is 2. The molecule has 2 aromatic carbocycles. The highest BCUT2D eigenvalue weighted by Crippen LogP contribution is 2.24. The lowest BCUT2D eigenvalue weighted by Gasteiger charge is -2.11. The summed E-state index contributed by atoms with van der Waals surface area (Å²) in [5.74, 6) is 1.71. The number of nitrogens with one attached hydrogen (secondary N) is 1. The maximum atomic E-state index is 9.40. The number of aryl methyl sites for hydroxylation is 1. The van der Waals surface area contributed by atoms with Gasteiger partial charge in [0.2, 0.25) is 5.95 Å². The molecular formula is C24H23N7. The van der Waals surface area contributed by atoms with Crippen LogP contribution in [0.3, 0.4) is 0 Å². The molecule has 0 unspecified atom stereocenters. The van der Waals surface area contributed by atoms with Gasteiger partial charge in [0.05, 0.1) is 23.0 Å². The van der Waals surface area contributed by atoms with E-state index in [4.69, 9.17) is 0 Å². The van der Waals surface area contributed by atoms with Crippen LogP contribution in [0.15, 0.2) is 61.1 Å². The molecule has 4 aromatic rings. The molecule has 0 saturated carbocycles. The average molecular weight is 409 g/mol. The van der Waals surface area contributed by atoms with E-state index in [0.717, 1.165) is 40.4 Å². The third-order valence-corrected chi connectivity index (χ3v) is 4.80. The summed E-state index contributed by atoms with van der Waals surface area (Å²) in [5.41, 5.74) is 5.34. The Balaban J connectivity index is 1.56. The largest absolute Gasteiger partial charge is 0.324 e. The van der Waals surface area contributed by atoms with Crippen molar-refractivity contribution in [1.82, 2.24) is 24.7 Å². The molecule has 0 saturated heterocycles. The van der Waals surface area contributed by atoms with E-state index in [0.29, 0.717) is 17.4 Å². The van der Waals surface area contributed by atoms with E-state index in [9.17, 15) is 5.26 Å². The first-order chi connectivity index (χ1) is 15.0. The monoisotopic (exact) mass is 409 g/mol. The van der Waals surface area contributed by atoms with Crippen molar-refractivity contribution < 1.29 is 0 Å². The van der Waals surface area contributed by atoms with Crippen LogP contribution in [0.2, 0.25) is 0 Å². The number of hydrogen-bond acceptors (Lipinski definition) is 6. The molecule has 154 valence electrons. The molecule has 1 N–H and O–H groups in total. The van der Waals surface area contributed by atoms with E-state index in [-0.39, 0.29) is 0 Å². The third-order valence-electron chi connectivity index (χ3n) is 4.80. The first-order valence-electron chi connectivity index (χ1n) is 10.1. The lowest BCUT2D eigenvalue weighted by molar-refractivity contribution is 0.646. The topological polar surface area (TPSA) is 92.3 Å². The third kappa shape index (κ3) is 4.75. The SMILES string of the molecule is Cc1ncn(-c2ccc(Nc3nccc(-c4ccc(C#N)c(CC(C)C)c4)n3)cc2)n1. The van der Waals surface area contributed by atoms with Crippen molar-refractivity contribution in [2.24, 2.45) is 5.92 Å². The zero-order chi connectivity index (χ0) is 21.8. The Morgan fingerprint density at radius 2 is 1.87 bits per heavy atom. The van der Waals surface area contributed by atoms with Crippen molar-refractivity contribution in [2.75, 3.05) is 5.32 Å². The maximum Gasteiger partial charge on any atom is 0.227 e. The summed E-state index contributed by atoms with van der Waals surface area (Å²) in [5, 5.41) is 17.0. The molecule has 7 heteroatoms. The van der Waals surface area contributed by atoms with Crippen LogP contribution >= 0.6 is 0 Å². The molecule has 31 heavy (non-hydrogen) atoms. The molecule has 4 rings (SSSR count). The minimum Gasteiger partial charge on any atom is -0.324 e. The second-order valence-corrected chi connectivity index (χ2v) is 7.76. The summed E-state index contributed by atoms with van der Waals surface area (Å²) in [7, 11) is 0. The summed E-state index contributed by atoms with van der Waals surface area (Å²) in [6, 6.07) is 17.8. The van der Waals surface area contributed by atoms with Gasteiger partial charge in [-0.05, 0) is 67.3 Å². The Hall–Kier alpha value is -4.05. The molecule has 0 atom stereocenters. The van der Waals surface area contributed by atoms with Crippen LogP contribution in [-0.4, -0.2) is 24.7 Å². The van der Waals surface area contributed by atoms with Crippen LogP contribution in [0.1, 0.15) is 30.8 Å². The average Bonchev–Trinajstić information content (AvgIpc) is 3.20. The number of nitriles is 1. The fraction of sp³-hybridized carbons (Fsp3) is 0.208. The smallest absolute Gasteiger partial charge is 0.227 e. The minimum absolute atomic E-state index is 0.467. The Morgan fingerprint density at radius 1 is 1.06 bits per heavy atom. The zero-order valence-electron chi connectivity index (χ0n) is 17.7. The molecule has 0 aliphatic heterocycles. The number of aromatic nitrogens is 5. The first kappa shape index (κ1) is 20.2. The fourth-order valence-electron chi connectivity index (χ4n) is 3.35. The van der Waals surface area contributed by atoms with E-state index in [1.165, 1.54) is 0 Å². The molecule has 0 bridgehead atoms. The number of rotatable bonds is 6. The van der Waals surface area contributed by atoms with Crippen molar-refractivity contribution in [3.63, 3.8) is 0 Å². The van der Waals surface area contributed by atoms with Crippen molar-refractivity contribution in [3.8, 4) is 23.0 Å². The van der Waals surface area contributed by atoms with E-state index in [2.05, 4.69) is 51.4 Å². The molecule has 0 aliphatic carbocycles. The summed E-state index contributed by atoms with van der Waals surface area (Å²) in [6.45, 7) is 6.15. The van der Waals surface area contributed by atoms with Crippen LogP contribution in [0.25, 0.3) is 16.9 Å². The van der Waals surface area contributed by atoms with Gasteiger partial charge in [-0.15, -0.1) is 0 Å². The maximum absolute atomic E-state index is 9.40. The summed E-state index contributed by atoms with van der Waals surface area (Å²) < 4.78 is 1.73. The molecule has 0 spiro atoms. The van der Waals surface area contributed by atoms with Crippen molar-refractivity contribution in [1.29, 1.82) is 5.26 Å². The standard InChI is InChI=1S/C24H23N7/c1-16(2)12-20-13-18(4-5-19(20)14-25)23-10-11-26-24(29-23)28-21-6-8-22(9-7-21)31-15-27-17(3)30-31/h4-11,13,15-16H,12H2,1-3H3,(H,26,28,29). The Morgan fingerprint density at radius 3 is 2.55 bits per heavy atom. The van der Waals surface area contributed by atoms with Gasteiger partial charge in [-0.2, -0.15) is 10.4 Å². The van der Waals surface area contributed by atoms with Crippen LogP contribution in [0.5, 0.6) is 0 Å². The zero-order valence-corrected chi connectivity index (χ0v) is 17.7. The van der Waals surface area contributed by atoms with Gasteiger partial charge in [0, 0.05) is 17.4 Å². The highest BCUT2D eigenvalue weighted by molar-refractivity contribution is 5.64. The van der Waals surface area contributed by atoms with E-state index >= 15 is 0 Å². The molecular weight excluding hydrogens is 386 g/mol. The van der Waals surface area contributed by atoms with Gasteiger partial charge in [0.25, 0.3) is 0 Å². The van der Waals surface area contributed by atoms with E-state index in [1.807, 2.05) is 49.4 Å². The summed E-state index contributed by atoms with van der Waals surface area (Å²) in [4.78, 5) is 13.2. The van der Waals surface area contributed by atoms with Crippen molar-refractivity contribution in [2.45, 2.75) is 27.2 Å². The Kier molecular flexibility index (Phi) is 5.72. The lowest BCUT2D eigenvalue weighted by Crippen LogP contribution is -2.00. The molecule has 2 heterocycles. The number of hydrogen-bond donors (Lipinski definition) is 1. The minimum atomic E-state index is 0.467. The summed E-state index contributed by atoms with van der Waals surface area (Å²) in [6.07, 6.45) is 4.28. The van der Waals surface area contributed by atoms with Crippen LogP contribution in [-0.2, 0) is 6.42 Å². The first-order valence-corrected chi connectivity index (χ1v) is 10.1. The molecule has 0 radical (unpaired) electrons. The van der Waals surface area contributed by atoms with Crippen molar-refractivity contribution >= 4 is 11.6 Å². The molecule has 0 amide bonds. The number of benzene rings is 2. The molecule has 2 aromatic heterocycles. The second kappa shape index (κ2) is 8.76. The van der Waals surface area contributed by atoms with Gasteiger partial charge < -0.3 is 5.32 Å². The molecule has 0 fully saturated rings. The number of nitrogens with zero attached hydrogens (tertiary/aromatic N) is 6. The van der Waals surface area contributed by atoms with E-state index < -0.39 is 0 Å². The van der Waals surface area contributed by atoms with E-state index in [1.54, 1.807) is 17.2 Å². The molecule has 0 aliphatic rings. The van der Waals surface area contributed by atoms with Crippen LogP contribution in [0.4, 0.5) is 11.6 Å². The van der Waals surface area contributed by atoms with Crippen LogP contribution in [0, 0.1) is 24.2 Å². The summed E-state index contributed by atoms with van der Waals surface area (Å²) >= 11 is 0. The predicted octanol–water partition coefficient (Wildman–Crippen LogP) is 4.85. The van der Waals surface area contributed by atoms with Gasteiger partial charge in [-0.3, -0.25) is 0 Å². The fourth-order valence-corrected chi connectivity index (χ4v) is 3.35. The van der Waals surface area contributed by atoms with Gasteiger partial charge in [-0.1, -0.05) is 19.9 Å².